The lowest BCUT2D eigenvalue weighted by molar-refractivity contribution is 0.412. The minimum absolute atomic E-state index is 0.512. The second-order valence-electron chi connectivity index (χ2n) is 5.11. The van der Waals surface area contributed by atoms with Crippen molar-refractivity contribution in [2.45, 2.75) is 25.3 Å². The Morgan fingerprint density at radius 1 is 1.10 bits per heavy atom. The van der Waals surface area contributed by atoms with Gasteiger partial charge in [0.25, 0.3) is 0 Å². The number of hydrogen-bond acceptors (Lipinski definition) is 5. The number of aromatic nitrogens is 2. The van der Waals surface area contributed by atoms with Gasteiger partial charge in [-0.15, -0.1) is 0 Å². The van der Waals surface area contributed by atoms with Crippen LogP contribution in [0.25, 0.3) is 0 Å². The van der Waals surface area contributed by atoms with Crippen LogP contribution in [0.4, 0.5) is 0 Å². The second-order valence-corrected chi connectivity index (χ2v) is 5.11. The summed E-state index contributed by atoms with van der Waals surface area (Å²) in [4.78, 5) is 8.74. The normalized spacial score (nSPS) is 17.7. The molecule has 2 aromatic rings. The van der Waals surface area contributed by atoms with Gasteiger partial charge < -0.3 is 14.8 Å². The van der Waals surface area contributed by atoms with E-state index in [0.29, 0.717) is 11.8 Å². The second kappa shape index (κ2) is 6.54. The maximum atomic E-state index is 5.71. The summed E-state index contributed by atoms with van der Waals surface area (Å²) in [7, 11) is 1.64. The Morgan fingerprint density at radius 2 is 1.81 bits per heavy atom. The van der Waals surface area contributed by atoms with E-state index in [2.05, 4.69) is 15.3 Å². The molecular weight excluding hydrogens is 266 g/mol. The monoisotopic (exact) mass is 285 g/mol. The molecule has 1 saturated heterocycles. The predicted octanol–water partition coefficient (Wildman–Crippen LogP) is 2.57. The highest BCUT2D eigenvalue weighted by Crippen LogP contribution is 2.22. The van der Waals surface area contributed by atoms with Crippen molar-refractivity contribution in [1.29, 1.82) is 0 Å². The van der Waals surface area contributed by atoms with E-state index in [1.165, 1.54) is 12.8 Å². The highest BCUT2D eigenvalue weighted by Gasteiger charge is 2.15. The molecular formula is C16H19N3O2. The van der Waals surface area contributed by atoms with E-state index < -0.39 is 0 Å². The van der Waals surface area contributed by atoms with Crippen molar-refractivity contribution in [2.75, 3.05) is 13.7 Å². The van der Waals surface area contributed by atoms with Gasteiger partial charge in [-0.2, -0.15) is 0 Å². The van der Waals surface area contributed by atoms with Crippen molar-refractivity contribution in [3.05, 3.63) is 42.5 Å². The SMILES string of the molecule is COc1ccc(Oc2cnc(CC3CCCN3)nc2)cc1. The number of methoxy groups -OCH3 is 1. The minimum atomic E-state index is 0.512. The van der Waals surface area contributed by atoms with Crippen LogP contribution < -0.4 is 14.8 Å². The number of nitrogens with one attached hydrogen (secondary N) is 1. The fourth-order valence-corrected chi connectivity index (χ4v) is 2.43. The fourth-order valence-electron chi connectivity index (χ4n) is 2.43. The Balaban J connectivity index is 1.60. The van der Waals surface area contributed by atoms with Crippen LogP contribution in [-0.4, -0.2) is 29.7 Å². The van der Waals surface area contributed by atoms with Crippen LogP contribution in [0.3, 0.4) is 0 Å². The van der Waals surface area contributed by atoms with Gasteiger partial charge in [-0.3, -0.25) is 0 Å². The van der Waals surface area contributed by atoms with E-state index in [0.717, 1.165) is 30.3 Å². The first-order valence-corrected chi connectivity index (χ1v) is 7.20. The van der Waals surface area contributed by atoms with Gasteiger partial charge in [-0.1, -0.05) is 0 Å². The molecule has 110 valence electrons. The lowest BCUT2D eigenvalue weighted by atomic mass is 10.1. The first-order valence-electron chi connectivity index (χ1n) is 7.20. The topological polar surface area (TPSA) is 56.3 Å². The Hall–Kier alpha value is -2.14. The van der Waals surface area contributed by atoms with Gasteiger partial charge in [0, 0.05) is 12.5 Å². The molecule has 0 radical (unpaired) electrons. The van der Waals surface area contributed by atoms with Crippen LogP contribution >= 0.6 is 0 Å². The number of hydrogen-bond donors (Lipinski definition) is 1. The maximum Gasteiger partial charge on any atom is 0.164 e. The molecule has 3 rings (SSSR count). The molecule has 1 aromatic carbocycles. The Bertz CT molecular complexity index is 563. The molecule has 0 bridgehead atoms. The molecule has 21 heavy (non-hydrogen) atoms. The predicted molar refractivity (Wildman–Crippen MR) is 79.8 cm³/mol. The molecule has 1 aromatic heterocycles. The van der Waals surface area contributed by atoms with Gasteiger partial charge in [0.1, 0.15) is 17.3 Å². The van der Waals surface area contributed by atoms with Crippen molar-refractivity contribution >= 4 is 0 Å². The van der Waals surface area contributed by atoms with Gasteiger partial charge in [0.15, 0.2) is 5.75 Å². The van der Waals surface area contributed by atoms with Crippen LogP contribution in [0.1, 0.15) is 18.7 Å². The highest BCUT2D eigenvalue weighted by molar-refractivity contribution is 5.34. The molecule has 1 aliphatic rings. The highest BCUT2D eigenvalue weighted by atomic mass is 16.5. The molecule has 1 atom stereocenters. The lowest BCUT2D eigenvalue weighted by Gasteiger charge is -2.09. The van der Waals surface area contributed by atoms with Crippen molar-refractivity contribution in [1.82, 2.24) is 15.3 Å². The van der Waals surface area contributed by atoms with Crippen molar-refractivity contribution in [3.63, 3.8) is 0 Å². The van der Waals surface area contributed by atoms with Crippen molar-refractivity contribution in [2.24, 2.45) is 0 Å². The van der Waals surface area contributed by atoms with Crippen LogP contribution in [-0.2, 0) is 6.42 Å². The summed E-state index contributed by atoms with van der Waals surface area (Å²) in [5.74, 6) is 3.04. The zero-order chi connectivity index (χ0) is 14.5. The summed E-state index contributed by atoms with van der Waals surface area (Å²) in [6, 6.07) is 7.94. The molecule has 5 heteroatoms. The minimum Gasteiger partial charge on any atom is -0.497 e. The number of benzene rings is 1. The van der Waals surface area contributed by atoms with Gasteiger partial charge >= 0.3 is 0 Å². The van der Waals surface area contributed by atoms with Crippen molar-refractivity contribution < 1.29 is 9.47 Å². The molecule has 1 aliphatic heterocycles. The van der Waals surface area contributed by atoms with E-state index in [1.54, 1.807) is 19.5 Å². The van der Waals surface area contributed by atoms with Crippen LogP contribution in [0.2, 0.25) is 0 Å². The average Bonchev–Trinajstić information content (AvgIpc) is 3.03. The Labute approximate surface area is 124 Å². The zero-order valence-corrected chi connectivity index (χ0v) is 12.1. The molecule has 1 N–H and O–H groups in total. The average molecular weight is 285 g/mol. The van der Waals surface area contributed by atoms with Crippen LogP contribution in [0, 0.1) is 0 Å². The summed E-state index contributed by atoms with van der Waals surface area (Å²) in [6.45, 7) is 1.10. The van der Waals surface area contributed by atoms with Gasteiger partial charge in [-0.05, 0) is 43.7 Å². The molecule has 5 nitrogen and oxygen atoms in total. The van der Waals surface area contributed by atoms with Crippen LogP contribution in [0.5, 0.6) is 17.2 Å². The van der Waals surface area contributed by atoms with E-state index in [1.807, 2.05) is 24.3 Å². The summed E-state index contributed by atoms with van der Waals surface area (Å²) in [6.07, 6.45) is 6.77. The van der Waals surface area contributed by atoms with E-state index >= 15 is 0 Å². The first kappa shape index (κ1) is 13.8. The van der Waals surface area contributed by atoms with Gasteiger partial charge in [-0.25, -0.2) is 9.97 Å². The number of rotatable bonds is 5. The molecule has 2 heterocycles. The third-order valence-corrected chi connectivity index (χ3v) is 3.57. The fraction of sp³-hybridized carbons (Fsp3) is 0.375. The van der Waals surface area contributed by atoms with Gasteiger partial charge in [0.05, 0.1) is 19.5 Å². The molecule has 0 aliphatic carbocycles. The Kier molecular flexibility index (Phi) is 4.31. The van der Waals surface area contributed by atoms with E-state index in [9.17, 15) is 0 Å². The van der Waals surface area contributed by atoms with Crippen LogP contribution in [0.15, 0.2) is 36.7 Å². The largest absolute Gasteiger partial charge is 0.497 e. The quantitative estimate of drug-likeness (QED) is 0.915. The third kappa shape index (κ3) is 3.70. The first-order chi connectivity index (χ1) is 10.3. The summed E-state index contributed by atoms with van der Waals surface area (Å²) in [5, 5.41) is 3.45. The molecule has 1 fully saturated rings. The third-order valence-electron chi connectivity index (χ3n) is 3.57. The van der Waals surface area contributed by atoms with E-state index in [4.69, 9.17) is 9.47 Å². The summed E-state index contributed by atoms with van der Waals surface area (Å²) < 4.78 is 10.8. The standard InChI is InChI=1S/C16H19N3O2/c1-20-13-4-6-14(7-5-13)21-15-10-18-16(19-11-15)9-12-3-2-8-17-12/h4-7,10-12,17H,2-3,8-9H2,1H3. The van der Waals surface area contributed by atoms with Crippen molar-refractivity contribution in [3.8, 4) is 17.2 Å². The van der Waals surface area contributed by atoms with Gasteiger partial charge in [0.2, 0.25) is 0 Å². The van der Waals surface area contributed by atoms with E-state index in [-0.39, 0.29) is 0 Å². The Morgan fingerprint density at radius 3 is 2.43 bits per heavy atom. The smallest absolute Gasteiger partial charge is 0.164 e. The lowest BCUT2D eigenvalue weighted by Crippen LogP contribution is -2.24. The zero-order valence-electron chi connectivity index (χ0n) is 12.1. The molecule has 0 spiro atoms. The summed E-state index contributed by atoms with van der Waals surface area (Å²) in [5.41, 5.74) is 0. The number of ether oxygens (including phenoxy) is 2. The number of nitrogens with zero attached hydrogens (tertiary/aromatic N) is 2. The molecule has 1 unspecified atom stereocenters. The maximum absolute atomic E-state index is 5.71. The summed E-state index contributed by atoms with van der Waals surface area (Å²) >= 11 is 0. The molecule has 0 amide bonds. The molecule has 0 saturated carbocycles.